The predicted octanol–water partition coefficient (Wildman–Crippen LogP) is 3.58. The summed E-state index contributed by atoms with van der Waals surface area (Å²) in [6.45, 7) is 2.70. The Labute approximate surface area is 121 Å². The molecule has 0 amide bonds. The Kier molecular flexibility index (Phi) is 4.90. The number of benzene rings is 1. The lowest BCUT2D eigenvalue weighted by Gasteiger charge is -2.20. The largest absolute Gasteiger partial charge is 0.416 e. The van der Waals surface area contributed by atoms with Crippen LogP contribution in [0.1, 0.15) is 36.1 Å². The molecule has 0 aliphatic rings. The third-order valence-electron chi connectivity index (χ3n) is 3.09. The van der Waals surface area contributed by atoms with E-state index in [1.807, 2.05) is 6.92 Å². The molecular weight excluding hydrogens is 279 g/mol. The lowest BCUT2D eigenvalue weighted by molar-refractivity contribution is -0.137. The Bertz CT molecular complexity index is 570. The van der Waals surface area contributed by atoms with Crippen molar-refractivity contribution < 1.29 is 13.2 Å². The Balaban J connectivity index is 2.37. The molecule has 2 rings (SSSR count). The molecule has 2 aromatic rings. The fraction of sp³-hybridized carbons (Fsp3) is 0.333. The van der Waals surface area contributed by atoms with Crippen LogP contribution in [0.15, 0.2) is 42.7 Å². The van der Waals surface area contributed by atoms with Gasteiger partial charge in [0.25, 0.3) is 0 Å². The van der Waals surface area contributed by atoms with Gasteiger partial charge in [-0.3, -0.25) is 0 Å². The topological polar surface area (TPSA) is 37.8 Å². The van der Waals surface area contributed by atoms with Crippen LogP contribution in [0.25, 0.3) is 0 Å². The van der Waals surface area contributed by atoms with E-state index in [2.05, 4.69) is 15.5 Å². The van der Waals surface area contributed by atoms with Crippen molar-refractivity contribution in [2.45, 2.75) is 25.6 Å². The molecule has 1 heterocycles. The van der Waals surface area contributed by atoms with Gasteiger partial charge in [-0.15, -0.1) is 0 Å². The first-order valence-electron chi connectivity index (χ1n) is 6.69. The van der Waals surface area contributed by atoms with Crippen LogP contribution in [0.5, 0.6) is 0 Å². The highest BCUT2D eigenvalue weighted by Crippen LogP contribution is 2.32. The zero-order valence-electron chi connectivity index (χ0n) is 11.6. The molecule has 0 saturated carbocycles. The zero-order valence-corrected chi connectivity index (χ0v) is 11.6. The molecule has 0 aliphatic carbocycles. The van der Waals surface area contributed by atoms with Gasteiger partial charge in [0.05, 0.1) is 17.8 Å². The van der Waals surface area contributed by atoms with Gasteiger partial charge in [-0.05, 0) is 42.3 Å². The van der Waals surface area contributed by atoms with Crippen LogP contribution in [0, 0.1) is 0 Å². The summed E-state index contributed by atoms with van der Waals surface area (Å²) in [5.74, 6) is 0. The van der Waals surface area contributed by atoms with Crippen molar-refractivity contribution >= 4 is 0 Å². The van der Waals surface area contributed by atoms with E-state index in [4.69, 9.17) is 0 Å². The lowest BCUT2D eigenvalue weighted by atomic mass is 9.98. The van der Waals surface area contributed by atoms with Crippen molar-refractivity contribution in [1.82, 2.24) is 15.5 Å². The van der Waals surface area contributed by atoms with Crippen molar-refractivity contribution in [3.63, 3.8) is 0 Å². The first-order chi connectivity index (χ1) is 10.0. The molecule has 6 heteroatoms. The maximum Gasteiger partial charge on any atom is 0.416 e. The summed E-state index contributed by atoms with van der Waals surface area (Å²) in [5.41, 5.74) is 0.703. The fourth-order valence-corrected chi connectivity index (χ4v) is 2.08. The molecule has 3 nitrogen and oxygen atoms in total. The quantitative estimate of drug-likeness (QED) is 0.916. The number of halogens is 3. The van der Waals surface area contributed by atoms with Crippen LogP contribution in [0.2, 0.25) is 0 Å². The van der Waals surface area contributed by atoms with Crippen molar-refractivity contribution in [3.05, 3.63) is 59.4 Å². The van der Waals surface area contributed by atoms with Gasteiger partial charge in [0.2, 0.25) is 0 Å². The van der Waals surface area contributed by atoms with E-state index in [9.17, 15) is 13.2 Å². The third kappa shape index (κ3) is 4.01. The number of nitrogens with zero attached hydrogens (tertiary/aromatic N) is 2. The second kappa shape index (κ2) is 6.67. The first kappa shape index (κ1) is 15.4. The van der Waals surface area contributed by atoms with Crippen LogP contribution >= 0.6 is 0 Å². The maximum atomic E-state index is 12.8. The summed E-state index contributed by atoms with van der Waals surface area (Å²) < 4.78 is 38.5. The minimum atomic E-state index is -4.35. The second-order valence-corrected chi connectivity index (χ2v) is 4.69. The van der Waals surface area contributed by atoms with Crippen LogP contribution < -0.4 is 5.32 Å². The van der Waals surface area contributed by atoms with Crippen molar-refractivity contribution in [2.75, 3.05) is 6.54 Å². The molecule has 21 heavy (non-hydrogen) atoms. The summed E-state index contributed by atoms with van der Waals surface area (Å²) in [6.07, 6.45) is -0.368. The van der Waals surface area contributed by atoms with Gasteiger partial charge in [-0.2, -0.15) is 23.4 Å². The Hall–Kier alpha value is -1.95. The number of nitrogens with one attached hydrogen (secondary N) is 1. The van der Waals surface area contributed by atoms with E-state index < -0.39 is 11.7 Å². The van der Waals surface area contributed by atoms with Crippen molar-refractivity contribution in [2.24, 2.45) is 0 Å². The monoisotopic (exact) mass is 295 g/mol. The van der Waals surface area contributed by atoms with E-state index >= 15 is 0 Å². The highest BCUT2D eigenvalue weighted by molar-refractivity contribution is 5.33. The molecule has 1 aromatic carbocycles. The summed E-state index contributed by atoms with van der Waals surface area (Å²) in [6, 6.07) is 6.78. The summed E-state index contributed by atoms with van der Waals surface area (Å²) in [4.78, 5) is 0. The SMILES string of the molecule is CCCNC(c1ccnnc1)c1cccc(C(F)(F)F)c1. The molecular formula is C15H16F3N3. The maximum absolute atomic E-state index is 12.8. The van der Waals surface area contributed by atoms with Crippen LogP contribution in [-0.2, 0) is 6.18 Å². The van der Waals surface area contributed by atoms with Crippen molar-refractivity contribution in [1.29, 1.82) is 0 Å². The van der Waals surface area contributed by atoms with Gasteiger partial charge in [-0.25, -0.2) is 0 Å². The first-order valence-corrected chi connectivity index (χ1v) is 6.69. The van der Waals surface area contributed by atoms with Crippen LogP contribution in [-0.4, -0.2) is 16.7 Å². The Morgan fingerprint density at radius 1 is 1.14 bits per heavy atom. The highest BCUT2D eigenvalue weighted by atomic mass is 19.4. The van der Waals surface area contributed by atoms with Gasteiger partial charge in [0, 0.05) is 6.20 Å². The summed E-state index contributed by atoms with van der Waals surface area (Å²) in [7, 11) is 0. The smallest absolute Gasteiger partial charge is 0.306 e. The lowest BCUT2D eigenvalue weighted by Crippen LogP contribution is -2.23. The number of rotatable bonds is 5. The zero-order chi connectivity index (χ0) is 15.3. The number of hydrogen-bond donors (Lipinski definition) is 1. The van der Waals surface area contributed by atoms with Gasteiger partial charge in [-0.1, -0.05) is 19.1 Å². The molecule has 1 N–H and O–H groups in total. The fourth-order valence-electron chi connectivity index (χ4n) is 2.08. The van der Waals surface area contributed by atoms with Gasteiger partial charge >= 0.3 is 6.18 Å². The Morgan fingerprint density at radius 3 is 2.57 bits per heavy atom. The van der Waals surface area contributed by atoms with E-state index in [1.165, 1.54) is 18.3 Å². The molecule has 1 aromatic heterocycles. The average molecular weight is 295 g/mol. The number of alkyl halides is 3. The van der Waals surface area contributed by atoms with E-state index in [-0.39, 0.29) is 6.04 Å². The Morgan fingerprint density at radius 2 is 1.95 bits per heavy atom. The van der Waals surface area contributed by atoms with Gasteiger partial charge in [0.15, 0.2) is 0 Å². The number of hydrogen-bond acceptors (Lipinski definition) is 3. The molecule has 0 radical (unpaired) electrons. The standard InChI is InChI=1S/C15H16F3N3/c1-2-7-19-14(12-6-8-20-21-10-12)11-4-3-5-13(9-11)15(16,17)18/h3-6,8-10,14,19H,2,7H2,1H3. The predicted molar refractivity (Wildman–Crippen MR) is 73.6 cm³/mol. The molecule has 0 aliphatic heterocycles. The molecule has 1 atom stereocenters. The molecule has 0 fully saturated rings. The normalized spacial score (nSPS) is 13.1. The number of aromatic nitrogens is 2. The molecule has 0 saturated heterocycles. The van der Waals surface area contributed by atoms with Crippen LogP contribution in [0.4, 0.5) is 13.2 Å². The van der Waals surface area contributed by atoms with E-state index in [1.54, 1.807) is 18.3 Å². The van der Waals surface area contributed by atoms with E-state index in [0.717, 1.165) is 18.1 Å². The van der Waals surface area contributed by atoms with Crippen molar-refractivity contribution in [3.8, 4) is 0 Å². The van der Waals surface area contributed by atoms with Crippen LogP contribution in [0.3, 0.4) is 0 Å². The third-order valence-corrected chi connectivity index (χ3v) is 3.09. The second-order valence-electron chi connectivity index (χ2n) is 4.69. The van der Waals surface area contributed by atoms with Gasteiger partial charge in [0.1, 0.15) is 0 Å². The van der Waals surface area contributed by atoms with E-state index in [0.29, 0.717) is 12.1 Å². The molecule has 1 unspecified atom stereocenters. The molecule has 0 bridgehead atoms. The summed E-state index contributed by atoms with van der Waals surface area (Å²) in [5, 5.41) is 10.7. The highest BCUT2D eigenvalue weighted by Gasteiger charge is 2.31. The molecule has 112 valence electrons. The minimum absolute atomic E-state index is 0.331. The average Bonchev–Trinajstić information content (AvgIpc) is 2.48. The summed E-state index contributed by atoms with van der Waals surface area (Å²) >= 11 is 0. The molecule has 0 spiro atoms. The minimum Gasteiger partial charge on any atom is -0.306 e. The van der Waals surface area contributed by atoms with Gasteiger partial charge < -0.3 is 5.32 Å².